The SMILES string of the molecule is O=C(CC(=O)N1CCN(c2ccc(F)cc2)CC1)Nc1ccc(F)c(F)c1. The summed E-state index contributed by atoms with van der Waals surface area (Å²) in [5, 5.41) is 2.38. The number of amides is 2. The highest BCUT2D eigenvalue weighted by Gasteiger charge is 2.23. The molecule has 8 heteroatoms. The van der Waals surface area contributed by atoms with Crippen LogP contribution in [0, 0.1) is 17.5 Å². The standard InChI is InChI=1S/C19H18F3N3O2/c20-13-1-4-15(5-2-13)24-7-9-25(10-8-24)19(27)12-18(26)23-14-3-6-16(21)17(22)11-14/h1-6,11H,7-10,12H2,(H,23,26). The Kier molecular flexibility index (Phi) is 5.63. The number of piperazine rings is 1. The van der Waals surface area contributed by atoms with Gasteiger partial charge in [0.05, 0.1) is 0 Å². The summed E-state index contributed by atoms with van der Waals surface area (Å²) in [4.78, 5) is 27.8. The summed E-state index contributed by atoms with van der Waals surface area (Å²) in [5.41, 5.74) is 0.965. The third-order valence-electron chi connectivity index (χ3n) is 4.34. The van der Waals surface area contributed by atoms with Crippen molar-refractivity contribution in [2.75, 3.05) is 36.4 Å². The zero-order chi connectivity index (χ0) is 19.4. The highest BCUT2D eigenvalue weighted by atomic mass is 19.2. The average molecular weight is 377 g/mol. The summed E-state index contributed by atoms with van der Waals surface area (Å²) in [6.07, 6.45) is -0.379. The molecule has 0 unspecified atom stereocenters. The summed E-state index contributed by atoms with van der Waals surface area (Å²) >= 11 is 0. The molecule has 3 rings (SSSR count). The summed E-state index contributed by atoms with van der Waals surface area (Å²) in [5.74, 6) is -3.32. The molecule has 0 aromatic heterocycles. The molecule has 1 N–H and O–H groups in total. The molecule has 142 valence electrons. The first kappa shape index (κ1) is 18.8. The molecule has 0 atom stereocenters. The van der Waals surface area contributed by atoms with Crippen LogP contribution in [0.15, 0.2) is 42.5 Å². The highest BCUT2D eigenvalue weighted by Crippen LogP contribution is 2.17. The van der Waals surface area contributed by atoms with Gasteiger partial charge >= 0.3 is 0 Å². The van der Waals surface area contributed by atoms with Gasteiger partial charge in [0.25, 0.3) is 0 Å². The van der Waals surface area contributed by atoms with Crippen molar-refractivity contribution in [1.82, 2.24) is 4.90 Å². The monoisotopic (exact) mass is 377 g/mol. The van der Waals surface area contributed by atoms with Crippen molar-refractivity contribution in [3.8, 4) is 0 Å². The number of hydrogen-bond acceptors (Lipinski definition) is 3. The van der Waals surface area contributed by atoms with Crippen LogP contribution in [-0.2, 0) is 9.59 Å². The molecule has 1 fully saturated rings. The normalized spacial score (nSPS) is 14.2. The Morgan fingerprint density at radius 2 is 1.56 bits per heavy atom. The van der Waals surface area contributed by atoms with Gasteiger partial charge in [0.2, 0.25) is 11.8 Å². The largest absolute Gasteiger partial charge is 0.368 e. The van der Waals surface area contributed by atoms with E-state index in [1.807, 2.05) is 4.90 Å². The van der Waals surface area contributed by atoms with Crippen molar-refractivity contribution in [3.05, 3.63) is 59.9 Å². The van der Waals surface area contributed by atoms with Crippen LogP contribution in [0.1, 0.15) is 6.42 Å². The van der Waals surface area contributed by atoms with Crippen molar-refractivity contribution < 1.29 is 22.8 Å². The van der Waals surface area contributed by atoms with Crippen molar-refractivity contribution >= 4 is 23.2 Å². The van der Waals surface area contributed by atoms with Crippen LogP contribution in [-0.4, -0.2) is 42.9 Å². The highest BCUT2D eigenvalue weighted by molar-refractivity contribution is 6.03. The van der Waals surface area contributed by atoms with E-state index in [0.717, 1.165) is 17.8 Å². The maximum Gasteiger partial charge on any atom is 0.233 e. The van der Waals surface area contributed by atoms with Gasteiger partial charge in [-0.25, -0.2) is 13.2 Å². The lowest BCUT2D eigenvalue weighted by Crippen LogP contribution is -2.49. The molecule has 0 spiro atoms. The van der Waals surface area contributed by atoms with E-state index in [4.69, 9.17) is 0 Å². The van der Waals surface area contributed by atoms with Gasteiger partial charge in [-0.1, -0.05) is 0 Å². The molecule has 1 heterocycles. The molecular weight excluding hydrogens is 359 g/mol. The number of carbonyl (C=O) groups excluding carboxylic acids is 2. The number of carbonyl (C=O) groups is 2. The summed E-state index contributed by atoms with van der Waals surface area (Å²) in [6.45, 7) is 2.02. The maximum absolute atomic E-state index is 13.2. The molecule has 2 amide bonds. The van der Waals surface area contributed by atoms with Crippen LogP contribution in [0.4, 0.5) is 24.5 Å². The van der Waals surface area contributed by atoms with Crippen LogP contribution in [0.3, 0.4) is 0 Å². The van der Waals surface area contributed by atoms with Crippen molar-refractivity contribution in [2.24, 2.45) is 0 Å². The van der Waals surface area contributed by atoms with Crippen LogP contribution in [0.2, 0.25) is 0 Å². The second kappa shape index (κ2) is 8.11. The molecule has 0 aliphatic carbocycles. The van der Waals surface area contributed by atoms with Gasteiger partial charge in [-0.3, -0.25) is 9.59 Å². The van der Waals surface area contributed by atoms with Crippen LogP contribution in [0.5, 0.6) is 0 Å². The first-order valence-corrected chi connectivity index (χ1v) is 8.45. The number of benzene rings is 2. The molecule has 1 aliphatic rings. The molecule has 27 heavy (non-hydrogen) atoms. The second-order valence-corrected chi connectivity index (χ2v) is 6.20. The fraction of sp³-hybridized carbons (Fsp3) is 0.263. The van der Waals surface area contributed by atoms with Crippen LogP contribution in [0.25, 0.3) is 0 Å². The van der Waals surface area contributed by atoms with E-state index in [9.17, 15) is 22.8 Å². The maximum atomic E-state index is 13.2. The molecule has 5 nitrogen and oxygen atoms in total. The Labute approximate surface area is 154 Å². The van der Waals surface area contributed by atoms with Gasteiger partial charge in [0, 0.05) is 43.6 Å². The number of rotatable bonds is 4. The molecule has 2 aromatic carbocycles. The van der Waals surface area contributed by atoms with Gasteiger partial charge in [0.1, 0.15) is 12.2 Å². The van der Waals surface area contributed by atoms with Crippen LogP contribution < -0.4 is 10.2 Å². The lowest BCUT2D eigenvalue weighted by Gasteiger charge is -2.36. The minimum absolute atomic E-state index is 0.0906. The molecule has 0 radical (unpaired) electrons. The Morgan fingerprint density at radius 3 is 2.19 bits per heavy atom. The number of halogens is 3. The second-order valence-electron chi connectivity index (χ2n) is 6.20. The average Bonchev–Trinajstić information content (AvgIpc) is 2.65. The lowest BCUT2D eigenvalue weighted by atomic mass is 10.2. The van der Waals surface area contributed by atoms with Crippen molar-refractivity contribution in [3.63, 3.8) is 0 Å². The summed E-state index contributed by atoms with van der Waals surface area (Å²) < 4.78 is 39.0. The van der Waals surface area contributed by atoms with Gasteiger partial charge in [0.15, 0.2) is 11.6 Å². The number of hydrogen-bond donors (Lipinski definition) is 1. The number of nitrogens with one attached hydrogen (secondary N) is 1. The molecular formula is C19H18F3N3O2. The zero-order valence-corrected chi connectivity index (χ0v) is 14.4. The Morgan fingerprint density at radius 1 is 0.889 bits per heavy atom. The quantitative estimate of drug-likeness (QED) is 0.834. The van der Waals surface area contributed by atoms with E-state index >= 15 is 0 Å². The van der Waals surface area contributed by atoms with E-state index in [1.165, 1.54) is 18.2 Å². The van der Waals surface area contributed by atoms with Crippen LogP contribution >= 0.6 is 0 Å². The topological polar surface area (TPSA) is 52.7 Å². The van der Waals surface area contributed by atoms with E-state index in [0.29, 0.717) is 26.2 Å². The predicted molar refractivity (Wildman–Crippen MR) is 94.8 cm³/mol. The minimum atomic E-state index is -1.07. The predicted octanol–water partition coefficient (Wildman–Crippen LogP) is 2.78. The molecule has 0 saturated carbocycles. The first-order chi connectivity index (χ1) is 12.9. The third kappa shape index (κ3) is 4.78. The van der Waals surface area contributed by atoms with E-state index in [-0.39, 0.29) is 23.8 Å². The Hall–Kier alpha value is -3.03. The van der Waals surface area contributed by atoms with Crippen molar-refractivity contribution in [1.29, 1.82) is 0 Å². The molecule has 1 aliphatic heterocycles. The lowest BCUT2D eigenvalue weighted by molar-refractivity contribution is -0.134. The summed E-state index contributed by atoms with van der Waals surface area (Å²) in [7, 11) is 0. The Bertz CT molecular complexity index is 835. The smallest absolute Gasteiger partial charge is 0.233 e. The third-order valence-corrected chi connectivity index (χ3v) is 4.34. The summed E-state index contributed by atoms with van der Waals surface area (Å²) in [6, 6.07) is 9.12. The van der Waals surface area contributed by atoms with Crippen molar-refractivity contribution in [2.45, 2.75) is 6.42 Å². The van der Waals surface area contributed by atoms with Gasteiger partial charge in [-0.2, -0.15) is 0 Å². The fourth-order valence-corrected chi connectivity index (χ4v) is 2.89. The van der Waals surface area contributed by atoms with Gasteiger partial charge in [-0.05, 0) is 36.4 Å². The molecule has 0 bridgehead atoms. The zero-order valence-electron chi connectivity index (χ0n) is 14.4. The van der Waals surface area contributed by atoms with Gasteiger partial charge in [-0.15, -0.1) is 0 Å². The molecule has 2 aromatic rings. The van der Waals surface area contributed by atoms with E-state index in [2.05, 4.69) is 5.32 Å². The minimum Gasteiger partial charge on any atom is -0.368 e. The first-order valence-electron chi connectivity index (χ1n) is 8.45. The van der Waals surface area contributed by atoms with Gasteiger partial charge < -0.3 is 15.1 Å². The van der Waals surface area contributed by atoms with E-state index < -0.39 is 17.5 Å². The molecule has 1 saturated heterocycles. The fourth-order valence-electron chi connectivity index (χ4n) is 2.89. The number of nitrogens with zero attached hydrogens (tertiary/aromatic N) is 2. The Balaban J connectivity index is 1.49. The van der Waals surface area contributed by atoms with E-state index in [1.54, 1.807) is 17.0 Å². The number of anilines is 2.